The number of ether oxygens (including phenoxy) is 2. The minimum Gasteiger partial charge on any atom is -0.497 e. The molecule has 0 amide bonds. The molecular weight excluding hydrogens is 372 g/mol. The van der Waals surface area contributed by atoms with E-state index in [9.17, 15) is 0 Å². The van der Waals surface area contributed by atoms with Crippen LogP contribution >= 0.6 is 0 Å². The highest BCUT2D eigenvalue weighted by Crippen LogP contribution is 2.45. The third kappa shape index (κ3) is 5.35. The van der Waals surface area contributed by atoms with Gasteiger partial charge in [-0.3, -0.25) is 0 Å². The Morgan fingerprint density at radius 3 is 2.37 bits per heavy atom. The minimum absolute atomic E-state index is 0.0554. The molecule has 1 N–H and O–H groups in total. The van der Waals surface area contributed by atoms with Gasteiger partial charge in [-0.25, -0.2) is 0 Å². The molecule has 30 heavy (non-hydrogen) atoms. The fourth-order valence-electron chi connectivity index (χ4n) is 4.60. The van der Waals surface area contributed by atoms with Gasteiger partial charge in [-0.2, -0.15) is 0 Å². The van der Waals surface area contributed by atoms with Gasteiger partial charge in [0.05, 0.1) is 12.7 Å². The van der Waals surface area contributed by atoms with Gasteiger partial charge in [-0.15, -0.1) is 0 Å². The van der Waals surface area contributed by atoms with Crippen molar-refractivity contribution in [1.29, 1.82) is 0 Å². The second kappa shape index (κ2) is 9.84. The highest BCUT2D eigenvalue weighted by Gasteiger charge is 2.43. The summed E-state index contributed by atoms with van der Waals surface area (Å²) in [6, 6.07) is 17.5. The van der Waals surface area contributed by atoms with E-state index >= 15 is 0 Å². The highest BCUT2D eigenvalue weighted by atomic mass is 16.5. The maximum atomic E-state index is 6.19. The molecule has 0 bridgehead atoms. The Hall–Kier alpha value is -2.04. The van der Waals surface area contributed by atoms with Gasteiger partial charge in [0.15, 0.2) is 0 Å². The standard InChI is InChI=1S/C26H38N2O2/c1-6-25(2)20-26(16-18-30-25,22-9-13-24(29-5)14-10-22)15-17-27-19-21-7-11-23(12-8-21)28(3)4/h7-14,27H,6,15-20H2,1-5H3/t25-,26-/m1/s1. The smallest absolute Gasteiger partial charge is 0.118 e. The lowest BCUT2D eigenvalue weighted by Crippen LogP contribution is -2.46. The minimum atomic E-state index is -0.0554. The van der Waals surface area contributed by atoms with E-state index in [4.69, 9.17) is 9.47 Å². The van der Waals surface area contributed by atoms with E-state index in [2.05, 4.69) is 86.7 Å². The first-order valence-corrected chi connectivity index (χ1v) is 11.2. The normalized spacial score (nSPS) is 23.9. The van der Waals surface area contributed by atoms with Crippen LogP contribution in [0.5, 0.6) is 5.75 Å². The molecule has 0 aliphatic carbocycles. The number of hydrogen-bond donors (Lipinski definition) is 1. The van der Waals surface area contributed by atoms with Crippen LogP contribution in [0, 0.1) is 0 Å². The monoisotopic (exact) mass is 410 g/mol. The largest absolute Gasteiger partial charge is 0.497 e. The number of methoxy groups -OCH3 is 1. The Morgan fingerprint density at radius 2 is 1.77 bits per heavy atom. The summed E-state index contributed by atoms with van der Waals surface area (Å²) in [6.07, 6.45) is 4.26. The molecule has 164 valence electrons. The third-order valence-electron chi connectivity index (χ3n) is 6.76. The number of anilines is 1. The summed E-state index contributed by atoms with van der Waals surface area (Å²) in [5.41, 5.74) is 4.04. The lowest BCUT2D eigenvalue weighted by molar-refractivity contribution is -0.0979. The third-order valence-corrected chi connectivity index (χ3v) is 6.76. The number of benzene rings is 2. The molecule has 1 aliphatic heterocycles. The van der Waals surface area contributed by atoms with Gasteiger partial charge >= 0.3 is 0 Å². The van der Waals surface area contributed by atoms with Crippen LogP contribution < -0.4 is 15.0 Å². The first-order valence-electron chi connectivity index (χ1n) is 11.2. The van der Waals surface area contributed by atoms with Gasteiger partial charge in [0.2, 0.25) is 0 Å². The van der Waals surface area contributed by atoms with Gasteiger partial charge in [0.1, 0.15) is 5.75 Å². The fourth-order valence-corrected chi connectivity index (χ4v) is 4.60. The molecule has 0 aromatic heterocycles. The van der Waals surface area contributed by atoms with Gasteiger partial charge in [0, 0.05) is 38.3 Å². The summed E-state index contributed by atoms with van der Waals surface area (Å²) >= 11 is 0. The van der Waals surface area contributed by atoms with E-state index in [-0.39, 0.29) is 11.0 Å². The number of rotatable bonds is 9. The maximum Gasteiger partial charge on any atom is 0.118 e. The average Bonchev–Trinajstić information content (AvgIpc) is 2.77. The van der Waals surface area contributed by atoms with E-state index in [1.807, 2.05) is 0 Å². The number of nitrogens with zero attached hydrogens (tertiary/aromatic N) is 1. The van der Waals surface area contributed by atoms with Gasteiger partial charge in [-0.1, -0.05) is 31.2 Å². The lowest BCUT2D eigenvalue weighted by atomic mass is 9.66. The van der Waals surface area contributed by atoms with E-state index in [0.717, 1.165) is 51.1 Å². The van der Waals surface area contributed by atoms with E-state index in [1.54, 1.807) is 7.11 Å². The molecule has 2 aromatic carbocycles. The molecule has 4 nitrogen and oxygen atoms in total. The average molecular weight is 411 g/mol. The van der Waals surface area contributed by atoms with Crippen molar-refractivity contribution in [2.45, 2.75) is 57.1 Å². The molecular formula is C26H38N2O2. The molecule has 4 heteroatoms. The zero-order chi connectivity index (χ0) is 21.6. The van der Waals surface area contributed by atoms with Crippen molar-refractivity contribution in [3.05, 3.63) is 59.7 Å². The van der Waals surface area contributed by atoms with Crippen molar-refractivity contribution >= 4 is 5.69 Å². The molecule has 1 fully saturated rings. The molecule has 0 radical (unpaired) electrons. The molecule has 1 heterocycles. The molecule has 0 spiro atoms. The fraction of sp³-hybridized carbons (Fsp3) is 0.538. The van der Waals surface area contributed by atoms with Crippen LogP contribution in [0.4, 0.5) is 5.69 Å². The van der Waals surface area contributed by atoms with Crippen molar-refractivity contribution < 1.29 is 9.47 Å². The summed E-state index contributed by atoms with van der Waals surface area (Å²) < 4.78 is 11.6. The summed E-state index contributed by atoms with van der Waals surface area (Å²) in [7, 11) is 5.87. The lowest BCUT2D eigenvalue weighted by Gasteiger charge is -2.47. The van der Waals surface area contributed by atoms with Gasteiger partial charge in [-0.05, 0) is 74.5 Å². The molecule has 3 rings (SSSR count). The van der Waals surface area contributed by atoms with Crippen molar-refractivity contribution in [3.63, 3.8) is 0 Å². The molecule has 1 saturated heterocycles. The van der Waals surface area contributed by atoms with E-state index in [1.165, 1.54) is 16.8 Å². The Morgan fingerprint density at radius 1 is 1.07 bits per heavy atom. The van der Waals surface area contributed by atoms with Crippen LogP contribution in [0.25, 0.3) is 0 Å². The van der Waals surface area contributed by atoms with Crippen LogP contribution in [0.2, 0.25) is 0 Å². The SMILES string of the molecule is CC[C@]1(C)C[C@](CCNCc2ccc(N(C)C)cc2)(c2ccc(OC)cc2)CCO1. The van der Waals surface area contributed by atoms with Crippen LogP contribution in [-0.2, 0) is 16.7 Å². The van der Waals surface area contributed by atoms with Crippen LogP contribution in [-0.4, -0.2) is 40.0 Å². The Balaban J connectivity index is 1.68. The Bertz CT molecular complexity index is 788. The second-order valence-corrected chi connectivity index (χ2v) is 9.08. The van der Waals surface area contributed by atoms with Gasteiger partial charge in [0.25, 0.3) is 0 Å². The summed E-state index contributed by atoms with van der Waals surface area (Å²) in [6.45, 7) is 7.21. The topological polar surface area (TPSA) is 33.7 Å². The quantitative estimate of drug-likeness (QED) is 0.579. The summed E-state index contributed by atoms with van der Waals surface area (Å²) in [4.78, 5) is 2.13. The van der Waals surface area contributed by atoms with Gasteiger partial charge < -0.3 is 19.7 Å². The van der Waals surface area contributed by atoms with Crippen molar-refractivity contribution in [2.75, 3.05) is 39.3 Å². The van der Waals surface area contributed by atoms with Crippen molar-refractivity contribution in [1.82, 2.24) is 5.32 Å². The van der Waals surface area contributed by atoms with Crippen LogP contribution in [0.3, 0.4) is 0 Å². The zero-order valence-corrected chi connectivity index (χ0v) is 19.3. The zero-order valence-electron chi connectivity index (χ0n) is 19.3. The maximum absolute atomic E-state index is 6.19. The summed E-state index contributed by atoms with van der Waals surface area (Å²) in [5.74, 6) is 0.915. The van der Waals surface area contributed by atoms with Crippen molar-refractivity contribution in [2.24, 2.45) is 0 Å². The predicted octanol–water partition coefficient (Wildman–Crippen LogP) is 5.16. The highest BCUT2D eigenvalue weighted by molar-refractivity contribution is 5.46. The van der Waals surface area contributed by atoms with Crippen LogP contribution in [0.1, 0.15) is 50.7 Å². The van der Waals surface area contributed by atoms with E-state index in [0.29, 0.717) is 0 Å². The molecule has 2 atom stereocenters. The Kier molecular flexibility index (Phi) is 7.43. The number of hydrogen-bond acceptors (Lipinski definition) is 4. The molecule has 1 aliphatic rings. The Labute approximate surface area is 182 Å². The predicted molar refractivity (Wildman–Crippen MR) is 126 cm³/mol. The molecule has 0 unspecified atom stereocenters. The van der Waals surface area contributed by atoms with E-state index < -0.39 is 0 Å². The van der Waals surface area contributed by atoms with Crippen LogP contribution in [0.15, 0.2) is 48.5 Å². The van der Waals surface area contributed by atoms with Crippen molar-refractivity contribution in [3.8, 4) is 5.75 Å². The number of nitrogens with one attached hydrogen (secondary N) is 1. The second-order valence-electron chi connectivity index (χ2n) is 9.08. The first-order chi connectivity index (χ1) is 14.4. The summed E-state index contributed by atoms with van der Waals surface area (Å²) in [5, 5.41) is 3.68. The first kappa shape index (κ1) is 22.6. The molecule has 2 aromatic rings. The molecule has 0 saturated carbocycles.